The molecule has 1 aromatic rings. The van der Waals surface area contributed by atoms with Crippen molar-refractivity contribution in [2.75, 3.05) is 6.54 Å². The van der Waals surface area contributed by atoms with Crippen molar-refractivity contribution in [3.63, 3.8) is 0 Å². The number of aryl methyl sites for hydroxylation is 1. The van der Waals surface area contributed by atoms with E-state index in [1.54, 1.807) is 13.8 Å². The predicted octanol–water partition coefficient (Wildman–Crippen LogP) is 0.751. The van der Waals surface area contributed by atoms with Crippen LogP contribution in [0.4, 0.5) is 0 Å². The van der Waals surface area contributed by atoms with Crippen LogP contribution in [0, 0.1) is 12.8 Å². The Bertz CT molecular complexity index is 445. The fourth-order valence-corrected chi connectivity index (χ4v) is 2.29. The standard InChI is InChI=1S/C11H17N3O3S/c1-6(3-4-12)10(15)13-5-8-14-7(2)9(18-8)11(16)17/h6H,3-5,12H2,1-2H3,(H,13,15)(H,16,17). The number of aromatic nitrogens is 1. The molecule has 0 aromatic carbocycles. The van der Waals surface area contributed by atoms with Crippen LogP contribution in [0.25, 0.3) is 0 Å². The van der Waals surface area contributed by atoms with Crippen molar-refractivity contribution in [3.05, 3.63) is 15.6 Å². The molecule has 1 rings (SSSR count). The summed E-state index contributed by atoms with van der Waals surface area (Å²) < 4.78 is 0. The van der Waals surface area contributed by atoms with Crippen LogP contribution in [0.15, 0.2) is 0 Å². The number of carboxylic acid groups (broad SMARTS) is 1. The number of carbonyl (C=O) groups is 2. The third kappa shape index (κ3) is 3.78. The number of amides is 1. The van der Waals surface area contributed by atoms with Crippen molar-refractivity contribution in [2.24, 2.45) is 11.7 Å². The van der Waals surface area contributed by atoms with E-state index in [0.717, 1.165) is 11.3 Å². The quantitative estimate of drug-likeness (QED) is 0.708. The van der Waals surface area contributed by atoms with Gasteiger partial charge in [-0.15, -0.1) is 11.3 Å². The minimum atomic E-state index is -0.987. The van der Waals surface area contributed by atoms with Crippen molar-refractivity contribution >= 4 is 23.2 Å². The molecular formula is C11H17N3O3S. The second kappa shape index (κ2) is 6.46. The highest BCUT2D eigenvalue weighted by Crippen LogP contribution is 2.17. The summed E-state index contributed by atoms with van der Waals surface area (Å²) in [4.78, 5) is 26.8. The molecule has 6 nitrogen and oxygen atoms in total. The third-order valence-corrected chi connectivity index (χ3v) is 3.64. The molecule has 0 saturated heterocycles. The molecule has 100 valence electrons. The number of hydrogen-bond acceptors (Lipinski definition) is 5. The molecule has 0 fully saturated rings. The van der Waals surface area contributed by atoms with Crippen molar-refractivity contribution in [3.8, 4) is 0 Å². The summed E-state index contributed by atoms with van der Waals surface area (Å²) in [5.74, 6) is -1.22. The van der Waals surface area contributed by atoms with Gasteiger partial charge in [-0.1, -0.05) is 6.92 Å². The van der Waals surface area contributed by atoms with Gasteiger partial charge in [-0.05, 0) is 19.9 Å². The summed E-state index contributed by atoms with van der Waals surface area (Å²) in [6.45, 7) is 4.17. The van der Waals surface area contributed by atoms with Gasteiger partial charge in [0.1, 0.15) is 9.88 Å². The minimum absolute atomic E-state index is 0.0924. The van der Waals surface area contributed by atoms with Gasteiger partial charge in [0.15, 0.2) is 0 Å². The van der Waals surface area contributed by atoms with Gasteiger partial charge in [-0.25, -0.2) is 9.78 Å². The molecule has 4 N–H and O–H groups in total. The van der Waals surface area contributed by atoms with E-state index in [4.69, 9.17) is 10.8 Å². The monoisotopic (exact) mass is 271 g/mol. The first-order chi connectivity index (χ1) is 8.45. The lowest BCUT2D eigenvalue weighted by Gasteiger charge is -2.09. The van der Waals surface area contributed by atoms with Crippen LogP contribution in [-0.2, 0) is 11.3 Å². The summed E-state index contributed by atoms with van der Waals surface area (Å²) in [7, 11) is 0. The first-order valence-corrected chi connectivity index (χ1v) is 6.44. The van der Waals surface area contributed by atoms with E-state index in [1.165, 1.54) is 0 Å². The molecule has 1 heterocycles. The minimum Gasteiger partial charge on any atom is -0.477 e. The maximum atomic E-state index is 11.6. The number of carbonyl (C=O) groups excluding carboxylic acids is 1. The smallest absolute Gasteiger partial charge is 0.347 e. The highest BCUT2D eigenvalue weighted by atomic mass is 32.1. The summed E-state index contributed by atoms with van der Waals surface area (Å²) in [6.07, 6.45) is 0.628. The Labute approximate surface area is 109 Å². The average molecular weight is 271 g/mol. The normalized spacial score (nSPS) is 12.2. The molecule has 1 amide bonds. The molecule has 0 spiro atoms. The van der Waals surface area contributed by atoms with E-state index in [1.807, 2.05) is 0 Å². The van der Waals surface area contributed by atoms with E-state index in [0.29, 0.717) is 23.7 Å². The van der Waals surface area contributed by atoms with E-state index in [2.05, 4.69) is 10.3 Å². The predicted molar refractivity (Wildman–Crippen MR) is 68.5 cm³/mol. The second-order valence-corrected chi connectivity index (χ2v) is 5.11. The Morgan fingerprint density at radius 1 is 1.56 bits per heavy atom. The van der Waals surface area contributed by atoms with Crippen LogP contribution in [0.3, 0.4) is 0 Å². The molecule has 1 atom stereocenters. The summed E-state index contributed by atoms with van der Waals surface area (Å²) in [5, 5.41) is 12.2. The van der Waals surface area contributed by atoms with Crippen LogP contribution >= 0.6 is 11.3 Å². The van der Waals surface area contributed by atoms with Crippen molar-refractivity contribution in [1.82, 2.24) is 10.3 Å². The van der Waals surface area contributed by atoms with Crippen LogP contribution in [0.5, 0.6) is 0 Å². The van der Waals surface area contributed by atoms with Gasteiger partial charge in [0.2, 0.25) is 5.91 Å². The Kier molecular flexibility index (Phi) is 5.24. The SMILES string of the molecule is Cc1nc(CNC(=O)C(C)CCN)sc1C(=O)O. The lowest BCUT2D eigenvalue weighted by Crippen LogP contribution is -2.29. The highest BCUT2D eigenvalue weighted by molar-refractivity contribution is 7.13. The van der Waals surface area contributed by atoms with E-state index in [-0.39, 0.29) is 23.2 Å². The maximum Gasteiger partial charge on any atom is 0.347 e. The fourth-order valence-electron chi connectivity index (χ4n) is 1.44. The van der Waals surface area contributed by atoms with Gasteiger partial charge >= 0.3 is 5.97 Å². The zero-order chi connectivity index (χ0) is 13.7. The number of carboxylic acids is 1. The van der Waals surface area contributed by atoms with Crippen LogP contribution in [0.2, 0.25) is 0 Å². The summed E-state index contributed by atoms with van der Waals surface area (Å²) in [6, 6.07) is 0. The molecule has 18 heavy (non-hydrogen) atoms. The largest absolute Gasteiger partial charge is 0.477 e. The number of aromatic carboxylic acids is 1. The van der Waals surface area contributed by atoms with Crippen LogP contribution < -0.4 is 11.1 Å². The number of nitrogens with one attached hydrogen (secondary N) is 1. The molecule has 1 aromatic heterocycles. The first kappa shape index (κ1) is 14.6. The Hall–Kier alpha value is -1.47. The summed E-state index contributed by atoms with van der Waals surface area (Å²) in [5.41, 5.74) is 5.85. The van der Waals surface area contributed by atoms with E-state index >= 15 is 0 Å². The molecular weight excluding hydrogens is 254 g/mol. The number of rotatable bonds is 6. The summed E-state index contributed by atoms with van der Waals surface area (Å²) >= 11 is 1.08. The molecule has 0 bridgehead atoms. The van der Waals surface area contributed by atoms with Gasteiger partial charge in [0.25, 0.3) is 0 Å². The molecule has 0 saturated carbocycles. The van der Waals surface area contributed by atoms with E-state index in [9.17, 15) is 9.59 Å². The van der Waals surface area contributed by atoms with Crippen LogP contribution in [-0.4, -0.2) is 28.5 Å². The lowest BCUT2D eigenvalue weighted by molar-refractivity contribution is -0.124. The topological polar surface area (TPSA) is 105 Å². The van der Waals surface area contributed by atoms with Gasteiger partial charge in [0, 0.05) is 5.92 Å². The molecule has 0 radical (unpaired) electrons. The van der Waals surface area contributed by atoms with Crippen LogP contribution in [0.1, 0.15) is 33.7 Å². The third-order valence-electron chi connectivity index (χ3n) is 2.50. The maximum absolute atomic E-state index is 11.6. The lowest BCUT2D eigenvalue weighted by atomic mass is 10.1. The molecule has 7 heteroatoms. The van der Waals surface area contributed by atoms with Gasteiger partial charge in [0.05, 0.1) is 12.2 Å². The van der Waals surface area contributed by atoms with Crippen molar-refractivity contribution in [2.45, 2.75) is 26.8 Å². The average Bonchev–Trinajstić information content (AvgIpc) is 2.68. The zero-order valence-electron chi connectivity index (χ0n) is 10.4. The molecule has 1 unspecified atom stereocenters. The van der Waals surface area contributed by atoms with Crippen molar-refractivity contribution in [1.29, 1.82) is 0 Å². The van der Waals surface area contributed by atoms with Gasteiger partial charge < -0.3 is 16.2 Å². The zero-order valence-corrected chi connectivity index (χ0v) is 11.2. The number of nitrogens with zero attached hydrogens (tertiary/aromatic N) is 1. The van der Waals surface area contributed by atoms with Gasteiger partial charge in [-0.3, -0.25) is 4.79 Å². The second-order valence-electron chi connectivity index (χ2n) is 4.02. The van der Waals surface area contributed by atoms with Gasteiger partial charge in [-0.2, -0.15) is 0 Å². The fraction of sp³-hybridized carbons (Fsp3) is 0.545. The van der Waals surface area contributed by atoms with E-state index < -0.39 is 5.97 Å². The first-order valence-electron chi connectivity index (χ1n) is 5.63. The molecule has 0 aliphatic rings. The Morgan fingerprint density at radius 3 is 2.72 bits per heavy atom. The number of thiazole rings is 1. The van der Waals surface area contributed by atoms with Crippen molar-refractivity contribution < 1.29 is 14.7 Å². The Balaban J connectivity index is 2.56. The highest BCUT2D eigenvalue weighted by Gasteiger charge is 2.16. The Morgan fingerprint density at radius 2 is 2.22 bits per heavy atom. The number of nitrogens with two attached hydrogens (primary N) is 1. The molecule has 0 aliphatic carbocycles. The molecule has 0 aliphatic heterocycles. The number of hydrogen-bond donors (Lipinski definition) is 3.